The number of hydrogen-bond donors (Lipinski definition) is 3. The van der Waals surface area contributed by atoms with E-state index in [1.165, 1.54) is 18.2 Å². The largest absolute Gasteiger partial charge is 0.478 e. The molecule has 3 N–H and O–H groups in total. The van der Waals surface area contributed by atoms with Gasteiger partial charge in [-0.15, -0.1) is 0 Å². The number of aromatic nitrogens is 2. The van der Waals surface area contributed by atoms with Gasteiger partial charge in [0.2, 0.25) is 0 Å². The van der Waals surface area contributed by atoms with Crippen LogP contribution in [0.15, 0.2) is 67.0 Å². The van der Waals surface area contributed by atoms with Gasteiger partial charge in [-0.3, -0.25) is 4.57 Å². The summed E-state index contributed by atoms with van der Waals surface area (Å²) >= 11 is 5.58. The lowest BCUT2D eigenvalue weighted by Crippen LogP contribution is -2.20. The molecule has 3 aromatic carbocycles. The SMILES string of the molecule is O=C(Nc1ccc(-n2cnc3cc(C(=O)O)ccc32)cc1)Nc1ccc(Cl)c(C(F)(F)F)c1. The Morgan fingerprint density at radius 2 is 1.61 bits per heavy atom. The number of amides is 2. The third kappa shape index (κ3) is 4.75. The highest BCUT2D eigenvalue weighted by Gasteiger charge is 2.33. The summed E-state index contributed by atoms with van der Waals surface area (Å²) in [5.41, 5.74) is 1.33. The highest BCUT2D eigenvalue weighted by atomic mass is 35.5. The van der Waals surface area contributed by atoms with Gasteiger partial charge in [0, 0.05) is 17.1 Å². The number of carbonyl (C=O) groups is 2. The summed E-state index contributed by atoms with van der Waals surface area (Å²) in [5.74, 6) is -1.05. The van der Waals surface area contributed by atoms with E-state index in [0.29, 0.717) is 22.4 Å². The molecule has 11 heteroatoms. The number of carbonyl (C=O) groups excluding carboxylic acids is 1. The highest BCUT2D eigenvalue weighted by molar-refractivity contribution is 6.31. The number of fused-ring (bicyclic) bond motifs is 1. The molecule has 0 spiro atoms. The lowest BCUT2D eigenvalue weighted by atomic mass is 10.2. The summed E-state index contributed by atoms with van der Waals surface area (Å²) < 4.78 is 40.7. The van der Waals surface area contributed by atoms with Gasteiger partial charge >= 0.3 is 18.2 Å². The average Bonchev–Trinajstić information content (AvgIpc) is 3.18. The fourth-order valence-electron chi connectivity index (χ4n) is 3.17. The predicted molar refractivity (Wildman–Crippen MR) is 117 cm³/mol. The van der Waals surface area contributed by atoms with Gasteiger partial charge in [-0.2, -0.15) is 13.2 Å². The van der Waals surface area contributed by atoms with Crippen molar-refractivity contribution in [1.82, 2.24) is 9.55 Å². The third-order valence-corrected chi connectivity index (χ3v) is 5.06. The Hall–Kier alpha value is -4.05. The van der Waals surface area contributed by atoms with E-state index in [9.17, 15) is 22.8 Å². The standard InChI is InChI=1S/C22H14ClF3N4O3/c23-17-7-4-14(10-16(17)22(24,25)26)29-21(33)28-13-2-5-15(6-3-13)30-11-27-18-9-12(20(31)32)1-8-19(18)30/h1-11H,(H,31,32)(H2,28,29,33). The van der Waals surface area contributed by atoms with Gasteiger partial charge in [0.25, 0.3) is 0 Å². The molecule has 0 bridgehead atoms. The molecule has 1 aromatic heterocycles. The molecule has 0 saturated carbocycles. The second-order valence-electron chi connectivity index (χ2n) is 6.94. The first-order chi connectivity index (χ1) is 15.6. The Balaban J connectivity index is 1.48. The summed E-state index contributed by atoms with van der Waals surface area (Å²) in [5, 5.41) is 13.5. The molecule has 0 radical (unpaired) electrons. The van der Waals surface area contributed by atoms with Crippen molar-refractivity contribution in [2.45, 2.75) is 6.18 Å². The quantitative estimate of drug-likeness (QED) is 0.336. The Bertz CT molecular complexity index is 1370. The molecule has 0 aliphatic heterocycles. The first-order valence-electron chi connectivity index (χ1n) is 9.37. The molecule has 0 fully saturated rings. The normalized spacial score (nSPS) is 11.4. The number of hydrogen-bond acceptors (Lipinski definition) is 3. The molecule has 4 rings (SSSR count). The molecule has 33 heavy (non-hydrogen) atoms. The van der Waals surface area contributed by atoms with E-state index < -0.39 is 28.8 Å². The molecule has 0 aliphatic carbocycles. The molecular formula is C22H14ClF3N4O3. The van der Waals surface area contributed by atoms with E-state index in [4.69, 9.17) is 16.7 Å². The zero-order valence-electron chi connectivity index (χ0n) is 16.5. The van der Waals surface area contributed by atoms with Crippen LogP contribution in [0.4, 0.5) is 29.3 Å². The Kier molecular flexibility index (Phi) is 5.69. The van der Waals surface area contributed by atoms with Crippen molar-refractivity contribution in [3.05, 3.63) is 83.1 Å². The number of carboxylic acids is 1. The summed E-state index contributed by atoms with van der Waals surface area (Å²) in [4.78, 5) is 27.5. The first kappa shape index (κ1) is 22.2. The Labute approximate surface area is 189 Å². The molecule has 0 saturated heterocycles. The van der Waals surface area contributed by atoms with Crippen LogP contribution in [0.5, 0.6) is 0 Å². The number of urea groups is 1. The van der Waals surface area contributed by atoms with Crippen molar-refractivity contribution in [2.24, 2.45) is 0 Å². The van der Waals surface area contributed by atoms with Crippen molar-refractivity contribution < 1.29 is 27.9 Å². The van der Waals surface area contributed by atoms with Gasteiger partial charge in [0.15, 0.2) is 0 Å². The van der Waals surface area contributed by atoms with E-state index in [-0.39, 0.29) is 11.3 Å². The topological polar surface area (TPSA) is 96.2 Å². The minimum absolute atomic E-state index is 0.0635. The van der Waals surface area contributed by atoms with Crippen LogP contribution >= 0.6 is 11.6 Å². The number of halogens is 4. The second kappa shape index (κ2) is 8.47. The number of aromatic carboxylic acids is 1. The summed E-state index contributed by atoms with van der Waals surface area (Å²) in [6.07, 6.45) is -3.10. The smallest absolute Gasteiger partial charge is 0.417 e. The van der Waals surface area contributed by atoms with E-state index >= 15 is 0 Å². The van der Waals surface area contributed by atoms with Gasteiger partial charge in [-0.05, 0) is 60.7 Å². The highest BCUT2D eigenvalue weighted by Crippen LogP contribution is 2.36. The molecular weight excluding hydrogens is 461 g/mol. The second-order valence-corrected chi connectivity index (χ2v) is 7.35. The van der Waals surface area contributed by atoms with E-state index in [1.807, 2.05) is 0 Å². The summed E-state index contributed by atoms with van der Waals surface area (Å²) in [6, 6.07) is 13.6. The number of benzene rings is 3. The predicted octanol–water partition coefficient (Wildman–Crippen LogP) is 6.04. The van der Waals surface area contributed by atoms with Crippen molar-refractivity contribution >= 4 is 46.0 Å². The van der Waals surface area contributed by atoms with Crippen molar-refractivity contribution in [1.29, 1.82) is 0 Å². The van der Waals surface area contributed by atoms with Crippen molar-refractivity contribution in [3.63, 3.8) is 0 Å². The molecule has 168 valence electrons. The van der Waals surface area contributed by atoms with Crippen LogP contribution in [0.1, 0.15) is 15.9 Å². The van der Waals surface area contributed by atoms with Crippen LogP contribution < -0.4 is 10.6 Å². The minimum atomic E-state index is -4.65. The number of nitrogens with zero attached hydrogens (tertiary/aromatic N) is 2. The molecule has 1 heterocycles. The first-order valence-corrected chi connectivity index (χ1v) is 9.75. The minimum Gasteiger partial charge on any atom is -0.478 e. The Morgan fingerprint density at radius 3 is 2.27 bits per heavy atom. The zero-order chi connectivity index (χ0) is 23.8. The van der Waals surface area contributed by atoms with Crippen LogP contribution in [0, 0.1) is 0 Å². The monoisotopic (exact) mass is 474 g/mol. The van der Waals surface area contributed by atoms with Gasteiger partial charge in [-0.1, -0.05) is 11.6 Å². The lowest BCUT2D eigenvalue weighted by Gasteiger charge is -2.12. The number of rotatable bonds is 4. The molecule has 2 amide bonds. The number of carboxylic acid groups (broad SMARTS) is 1. The van der Waals surface area contributed by atoms with E-state index in [0.717, 1.165) is 12.1 Å². The number of anilines is 2. The molecule has 0 aliphatic rings. The molecule has 7 nitrogen and oxygen atoms in total. The van der Waals surface area contributed by atoms with Crippen molar-refractivity contribution in [2.75, 3.05) is 10.6 Å². The molecule has 0 unspecified atom stereocenters. The van der Waals surface area contributed by atoms with Gasteiger partial charge in [0.05, 0.1) is 27.2 Å². The van der Waals surface area contributed by atoms with Gasteiger partial charge in [0.1, 0.15) is 6.33 Å². The van der Waals surface area contributed by atoms with Crippen LogP contribution in [-0.2, 0) is 6.18 Å². The van der Waals surface area contributed by atoms with E-state index in [1.54, 1.807) is 41.2 Å². The summed E-state index contributed by atoms with van der Waals surface area (Å²) in [7, 11) is 0. The third-order valence-electron chi connectivity index (χ3n) is 4.73. The van der Waals surface area contributed by atoms with Crippen molar-refractivity contribution in [3.8, 4) is 5.69 Å². The molecule has 4 aromatic rings. The van der Waals surface area contributed by atoms with Crippen LogP contribution in [-0.4, -0.2) is 26.7 Å². The average molecular weight is 475 g/mol. The maximum Gasteiger partial charge on any atom is 0.417 e. The van der Waals surface area contributed by atoms with Crippen LogP contribution in [0.2, 0.25) is 5.02 Å². The van der Waals surface area contributed by atoms with Gasteiger partial charge in [-0.25, -0.2) is 14.6 Å². The maximum absolute atomic E-state index is 13.0. The van der Waals surface area contributed by atoms with Crippen LogP contribution in [0.3, 0.4) is 0 Å². The number of nitrogens with one attached hydrogen (secondary N) is 2. The lowest BCUT2D eigenvalue weighted by molar-refractivity contribution is -0.137. The molecule has 0 atom stereocenters. The van der Waals surface area contributed by atoms with Gasteiger partial charge < -0.3 is 15.7 Å². The Morgan fingerprint density at radius 1 is 0.939 bits per heavy atom. The number of imidazole rings is 1. The fourth-order valence-corrected chi connectivity index (χ4v) is 3.40. The summed E-state index contributed by atoms with van der Waals surface area (Å²) in [6.45, 7) is 0. The van der Waals surface area contributed by atoms with Crippen LogP contribution in [0.25, 0.3) is 16.7 Å². The van der Waals surface area contributed by atoms with E-state index in [2.05, 4.69) is 15.6 Å². The number of alkyl halides is 3. The fraction of sp³-hybridized carbons (Fsp3) is 0.0455. The maximum atomic E-state index is 13.0. The zero-order valence-corrected chi connectivity index (χ0v) is 17.3.